The number of ether oxygens (including phenoxy) is 1. The van der Waals surface area contributed by atoms with Gasteiger partial charge < -0.3 is 20.7 Å². The van der Waals surface area contributed by atoms with Gasteiger partial charge >= 0.3 is 0 Å². The molecule has 29 heavy (non-hydrogen) atoms. The van der Waals surface area contributed by atoms with Gasteiger partial charge in [0.1, 0.15) is 0 Å². The van der Waals surface area contributed by atoms with Gasteiger partial charge in [0.25, 0.3) is 0 Å². The second-order valence-corrected chi connectivity index (χ2v) is 9.96. The van der Waals surface area contributed by atoms with E-state index in [-0.39, 0.29) is 42.3 Å². The Morgan fingerprint density at radius 1 is 1.03 bits per heavy atom. The summed E-state index contributed by atoms with van der Waals surface area (Å²) in [6.07, 6.45) is 11.4. The van der Waals surface area contributed by atoms with Gasteiger partial charge in [-0.2, -0.15) is 0 Å². The van der Waals surface area contributed by atoms with Crippen LogP contribution < -0.4 is 11.1 Å². The van der Waals surface area contributed by atoms with E-state index in [4.69, 9.17) is 10.5 Å². The molecular weight excluding hydrogens is 390 g/mol. The Bertz CT molecular complexity index is 542. The topological polar surface area (TPSA) is 84.7 Å². The summed E-state index contributed by atoms with van der Waals surface area (Å²) in [7, 11) is 0. The quantitative estimate of drug-likeness (QED) is 0.583. The smallest absolute Gasteiger partial charge is 0.241 e. The summed E-state index contributed by atoms with van der Waals surface area (Å²) >= 11 is 0. The Morgan fingerprint density at radius 2 is 1.62 bits per heavy atom. The number of carbonyl (C=O) groups is 2. The molecule has 1 aliphatic heterocycles. The van der Waals surface area contributed by atoms with Crippen LogP contribution in [0.5, 0.6) is 0 Å². The average Bonchev–Trinajstić information content (AvgIpc) is 2.65. The van der Waals surface area contributed by atoms with Gasteiger partial charge in [0.05, 0.1) is 12.6 Å². The van der Waals surface area contributed by atoms with E-state index in [1.54, 1.807) is 0 Å². The Hall–Kier alpha value is -0.850. The van der Waals surface area contributed by atoms with Crippen molar-refractivity contribution < 1.29 is 14.3 Å². The summed E-state index contributed by atoms with van der Waals surface area (Å²) in [5, 5.41) is 2.93. The number of amides is 2. The lowest BCUT2D eigenvalue weighted by Gasteiger charge is -2.56. The molecule has 5 rings (SSSR count). The Labute approximate surface area is 181 Å². The summed E-state index contributed by atoms with van der Waals surface area (Å²) < 4.78 is 5.80. The van der Waals surface area contributed by atoms with E-state index in [0.29, 0.717) is 19.6 Å². The standard InChI is InChI=1S/C22H37N3O3.ClH/c23-4-1-7-28-19-2-5-25(6-3-19)21(27)15-24-20(26)14-22-11-16-8-17(12-22)10-18(9-16)13-22;/h16-19H,1-15,23H2,(H,24,26);1H. The van der Waals surface area contributed by atoms with Crippen molar-refractivity contribution in [3.63, 3.8) is 0 Å². The number of carbonyl (C=O) groups excluding carboxylic acids is 2. The highest BCUT2D eigenvalue weighted by Crippen LogP contribution is 2.61. The third kappa shape index (κ3) is 5.65. The largest absolute Gasteiger partial charge is 0.378 e. The zero-order chi connectivity index (χ0) is 19.6. The first-order chi connectivity index (χ1) is 13.5. The SMILES string of the molecule is Cl.NCCCOC1CCN(C(=O)CNC(=O)CC23CC4CC(CC(C4)C2)C3)CC1. The second-order valence-electron chi connectivity index (χ2n) is 9.96. The molecule has 5 fully saturated rings. The Kier molecular flexibility index (Phi) is 7.85. The van der Waals surface area contributed by atoms with Crippen molar-refractivity contribution in [1.82, 2.24) is 10.2 Å². The lowest BCUT2D eigenvalue weighted by molar-refractivity contribution is -0.137. The molecule has 0 radical (unpaired) electrons. The van der Waals surface area contributed by atoms with Crippen molar-refractivity contribution in [2.24, 2.45) is 28.9 Å². The van der Waals surface area contributed by atoms with Crippen molar-refractivity contribution in [2.75, 3.05) is 32.8 Å². The number of hydrogen-bond acceptors (Lipinski definition) is 4. The van der Waals surface area contributed by atoms with Crippen molar-refractivity contribution in [2.45, 2.75) is 70.3 Å². The van der Waals surface area contributed by atoms with E-state index in [1.807, 2.05) is 4.90 Å². The number of nitrogens with zero attached hydrogens (tertiary/aromatic N) is 1. The highest BCUT2D eigenvalue weighted by atomic mass is 35.5. The molecule has 6 nitrogen and oxygen atoms in total. The summed E-state index contributed by atoms with van der Waals surface area (Å²) in [4.78, 5) is 27.0. The molecule has 4 aliphatic carbocycles. The van der Waals surface area contributed by atoms with Crippen LogP contribution in [0, 0.1) is 23.2 Å². The third-order valence-corrected chi connectivity index (χ3v) is 7.63. The molecule has 0 aromatic rings. The molecule has 1 heterocycles. The maximum Gasteiger partial charge on any atom is 0.241 e. The van der Waals surface area contributed by atoms with E-state index in [2.05, 4.69) is 5.32 Å². The summed E-state index contributed by atoms with van der Waals surface area (Å²) in [6, 6.07) is 0. The van der Waals surface area contributed by atoms with Gasteiger partial charge in [-0.3, -0.25) is 9.59 Å². The summed E-state index contributed by atoms with van der Waals surface area (Å²) in [5.74, 6) is 2.69. The molecule has 166 valence electrons. The molecule has 0 aromatic carbocycles. The Morgan fingerprint density at radius 3 is 2.17 bits per heavy atom. The number of nitrogens with two attached hydrogens (primary N) is 1. The summed E-state index contributed by atoms with van der Waals surface area (Å²) in [5.41, 5.74) is 5.73. The van der Waals surface area contributed by atoms with Gasteiger partial charge in [-0.25, -0.2) is 0 Å². The van der Waals surface area contributed by atoms with Crippen LogP contribution in [0.2, 0.25) is 0 Å². The zero-order valence-electron chi connectivity index (χ0n) is 17.6. The van der Waals surface area contributed by atoms with E-state index in [9.17, 15) is 9.59 Å². The van der Waals surface area contributed by atoms with Crippen LogP contribution in [-0.2, 0) is 14.3 Å². The molecule has 0 unspecified atom stereocenters. The fraction of sp³-hybridized carbons (Fsp3) is 0.909. The van der Waals surface area contributed by atoms with Gasteiger partial charge in [0, 0.05) is 26.1 Å². The first kappa shape index (κ1) is 22.8. The number of rotatable bonds is 8. The van der Waals surface area contributed by atoms with Crippen LogP contribution >= 0.6 is 12.4 Å². The van der Waals surface area contributed by atoms with Gasteiger partial charge in [-0.15, -0.1) is 12.4 Å². The van der Waals surface area contributed by atoms with Crippen LogP contribution in [0.3, 0.4) is 0 Å². The number of hydrogen-bond donors (Lipinski definition) is 2. The molecule has 4 saturated carbocycles. The lowest BCUT2D eigenvalue weighted by atomic mass is 9.49. The van der Waals surface area contributed by atoms with Gasteiger partial charge in [-0.1, -0.05) is 0 Å². The maximum absolute atomic E-state index is 12.6. The number of piperidine rings is 1. The number of likely N-dealkylation sites (tertiary alicyclic amines) is 1. The number of nitrogens with one attached hydrogen (secondary N) is 1. The van der Waals surface area contributed by atoms with E-state index in [1.165, 1.54) is 38.5 Å². The predicted molar refractivity (Wildman–Crippen MR) is 115 cm³/mol. The van der Waals surface area contributed by atoms with Crippen LogP contribution in [-0.4, -0.2) is 55.6 Å². The van der Waals surface area contributed by atoms with Crippen molar-refractivity contribution in [1.29, 1.82) is 0 Å². The minimum atomic E-state index is 0. The number of halogens is 1. The molecule has 5 aliphatic rings. The zero-order valence-corrected chi connectivity index (χ0v) is 18.4. The first-order valence-electron chi connectivity index (χ1n) is 11.4. The average molecular weight is 428 g/mol. The molecule has 1 saturated heterocycles. The third-order valence-electron chi connectivity index (χ3n) is 7.63. The second kappa shape index (κ2) is 9.97. The van der Waals surface area contributed by atoms with Gasteiger partial charge in [0.2, 0.25) is 11.8 Å². The van der Waals surface area contributed by atoms with Crippen molar-refractivity contribution in [3.8, 4) is 0 Å². The van der Waals surface area contributed by atoms with Crippen LogP contribution in [0.15, 0.2) is 0 Å². The van der Waals surface area contributed by atoms with E-state index in [0.717, 1.165) is 50.1 Å². The fourth-order valence-corrected chi connectivity index (χ4v) is 6.80. The van der Waals surface area contributed by atoms with Crippen LogP contribution in [0.1, 0.15) is 64.2 Å². The lowest BCUT2D eigenvalue weighted by Crippen LogP contribution is -2.49. The molecule has 2 amide bonds. The van der Waals surface area contributed by atoms with Gasteiger partial charge in [-0.05, 0) is 87.5 Å². The molecule has 0 spiro atoms. The van der Waals surface area contributed by atoms with Crippen molar-refractivity contribution in [3.05, 3.63) is 0 Å². The molecule has 3 N–H and O–H groups in total. The molecule has 4 bridgehead atoms. The Balaban J connectivity index is 0.00000240. The van der Waals surface area contributed by atoms with E-state index < -0.39 is 0 Å². The van der Waals surface area contributed by atoms with Gasteiger partial charge in [0.15, 0.2) is 0 Å². The fourth-order valence-electron chi connectivity index (χ4n) is 6.80. The molecule has 0 atom stereocenters. The minimum Gasteiger partial charge on any atom is -0.378 e. The molecule has 0 aromatic heterocycles. The van der Waals surface area contributed by atoms with Crippen LogP contribution in [0.4, 0.5) is 0 Å². The van der Waals surface area contributed by atoms with Crippen molar-refractivity contribution >= 4 is 24.2 Å². The molecular formula is C22H38ClN3O3. The van der Waals surface area contributed by atoms with Crippen LogP contribution in [0.25, 0.3) is 0 Å². The highest BCUT2D eigenvalue weighted by Gasteiger charge is 2.51. The molecule has 7 heteroatoms. The predicted octanol–water partition coefficient (Wildman–Crippen LogP) is 2.49. The minimum absolute atomic E-state index is 0. The first-order valence-corrected chi connectivity index (χ1v) is 11.4. The monoisotopic (exact) mass is 427 g/mol. The highest BCUT2D eigenvalue weighted by molar-refractivity contribution is 5.85. The maximum atomic E-state index is 12.6. The summed E-state index contributed by atoms with van der Waals surface area (Å²) in [6.45, 7) is 2.94. The normalized spacial score (nSPS) is 33.4. The van der Waals surface area contributed by atoms with E-state index >= 15 is 0 Å².